The standard InChI is InChI=1S/C28H39N3O2/c1-7-33-27(32)22-14-17-25-24(20-22)28(2,3)26(30-25)21-12-15-23(16-13-21)29-18-10-8-9-11-19-31(4,5)6/h12-17,20H,7-11,18-19H2,1-6H3/p+1. The number of anilines is 1. The molecule has 0 atom stereocenters. The lowest BCUT2D eigenvalue weighted by Gasteiger charge is -2.23. The van der Waals surface area contributed by atoms with Crippen LogP contribution in [-0.4, -0.2) is 57.0 Å². The number of esters is 1. The average Bonchev–Trinajstić information content (AvgIpc) is 3.03. The average molecular weight is 451 g/mol. The van der Waals surface area contributed by atoms with Crippen molar-refractivity contribution in [3.8, 4) is 0 Å². The Morgan fingerprint density at radius 1 is 1.00 bits per heavy atom. The maximum atomic E-state index is 12.2. The van der Waals surface area contributed by atoms with Crippen LogP contribution in [0.15, 0.2) is 47.5 Å². The van der Waals surface area contributed by atoms with Crippen LogP contribution in [0.3, 0.4) is 0 Å². The van der Waals surface area contributed by atoms with Crippen molar-refractivity contribution >= 4 is 23.1 Å². The molecule has 0 aliphatic carbocycles. The number of ether oxygens (including phenoxy) is 1. The predicted octanol–water partition coefficient (Wildman–Crippen LogP) is 5.95. The van der Waals surface area contributed by atoms with Gasteiger partial charge in [-0.1, -0.05) is 32.4 Å². The molecule has 2 aromatic carbocycles. The maximum Gasteiger partial charge on any atom is 0.338 e. The maximum absolute atomic E-state index is 12.2. The van der Waals surface area contributed by atoms with Gasteiger partial charge in [0.05, 0.1) is 51.3 Å². The zero-order valence-electron chi connectivity index (χ0n) is 21.2. The lowest BCUT2D eigenvalue weighted by Crippen LogP contribution is -2.35. The zero-order valence-corrected chi connectivity index (χ0v) is 21.2. The van der Waals surface area contributed by atoms with Crippen molar-refractivity contribution in [1.29, 1.82) is 0 Å². The van der Waals surface area contributed by atoms with E-state index in [4.69, 9.17) is 9.73 Å². The summed E-state index contributed by atoms with van der Waals surface area (Å²) in [6.45, 7) is 8.76. The summed E-state index contributed by atoms with van der Waals surface area (Å²) in [6.07, 6.45) is 5.04. The number of hydrogen-bond acceptors (Lipinski definition) is 4. The van der Waals surface area contributed by atoms with E-state index < -0.39 is 0 Å². The molecule has 0 amide bonds. The van der Waals surface area contributed by atoms with E-state index in [9.17, 15) is 4.79 Å². The number of fused-ring (bicyclic) bond motifs is 1. The Bertz CT molecular complexity index is 985. The Hall–Kier alpha value is -2.66. The normalized spacial score (nSPS) is 14.5. The van der Waals surface area contributed by atoms with Gasteiger partial charge in [-0.05, 0) is 67.6 Å². The fourth-order valence-corrected chi connectivity index (χ4v) is 4.33. The second-order valence-electron chi connectivity index (χ2n) is 10.5. The number of benzene rings is 2. The van der Waals surface area contributed by atoms with E-state index >= 15 is 0 Å². The Labute approximate surface area is 199 Å². The van der Waals surface area contributed by atoms with Crippen LogP contribution in [0.5, 0.6) is 0 Å². The van der Waals surface area contributed by atoms with Gasteiger partial charge in [0, 0.05) is 17.6 Å². The first kappa shape index (κ1) is 25.0. The number of nitrogens with zero attached hydrogens (tertiary/aromatic N) is 2. The second kappa shape index (κ2) is 10.5. The highest BCUT2D eigenvalue weighted by Gasteiger charge is 2.36. The van der Waals surface area contributed by atoms with Crippen LogP contribution in [-0.2, 0) is 10.2 Å². The predicted molar refractivity (Wildman–Crippen MR) is 138 cm³/mol. The molecule has 0 saturated heterocycles. The summed E-state index contributed by atoms with van der Waals surface area (Å²) in [4.78, 5) is 17.1. The number of carbonyl (C=O) groups excluding carboxylic acids is 1. The van der Waals surface area contributed by atoms with Crippen LogP contribution in [0.4, 0.5) is 11.4 Å². The summed E-state index contributed by atoms with van der Waals surface area (Å²) >= 11 is 0. The Balaban J connectivity index is 1.56. The van der Waals surface area contributed by atoms with Gasteiger partial charge in [0.15, 0.2) is 0 Å². The van der Waals surface area contributed by atoms with E-state index in [0.29, 0.717) is 12.2 Å². The topological polar surface area (TPSA) is 50.7 Å². The minimum Gasteiger partial charge on any atom is -0.462 e. The van der Waals surface area contributed by atoms with Gasteiger partial charge in [-0.2, -0.15) is 0 Å². The van der Waals surface area contributed by atoms with Gasteiger partial charge in [-0.3, -0.25) is 4.99 Å². The van der Waals surface area contributed by atoms with E-state index in [1.807, 2.05) is 19.1 Å². The molecule has 0 aromatic heterocycles. The number of carbonyl (C=O) groups is 1. The highest BCUT2D eigenvalue weighted by atomic mass is 16.5. The highest BCUT2D eigenvalue weighted by Crippen LogP contribution is 2.42. The van der Waals surface area contributed by atoms with Crippen molar-refractivity contribution in [2.24, 2.45) is 4.99 Å². The zero-order chi connectivity index (χ0) is 24.1. The highest BCUT2D eigenvalue weighted by molar-refractivity contribution is 6.12. The number of rotatable bonds is 11. The van der Waals surface area contributed by atoms with E-state index in [-0.39, 0.29) is 11.4 Å². The first-order valence-electron chi connectivity index (χ1n) is 12.2. The Morgan fingerprint density at radius 2 is 1.70 bits per heavy atom. The molecule has 5 heteroatoms. The van der Waals surface area contributed by atoms with Crippen LogP contribution in [0.2, 0.25) is 0 Å². The largest absolute Gasteiger partial charge is 0.462 e. The van der Waals surface area contributed by atoms with E-state index in [1.54, 1.807) is 6.07 Å². The van der Waals surface area contributed by atoms with E-state index in [1.165, 1.54) is 32.2 Å². The third kappa shape index (κ3) is 6.44. The molecule has 178 valence electrons. The van der Waals surface area contributed by atoms with Crippen molar-refractivity contribution in [3.05, 3.63) is 59.2 Å². The van der Waals surface area contributed by atoms with Crippen molar-refractivity contribution in [2.45, 2.75) is 51.9 Å². The summed E-state index contributed by atoms with van der Waals surface area (Å²) in [5.41, 5.74) is 5.58. The Kier molecular flexibility index (Phi) is 7.96. The molecule has 0 spiro atoms. The molecule has 0 radical (unpaired) electrons. The molecule has 2 aromatic rings. The minimum atomic E-state index is -0.284. The van der Waals surface area contributed by atoms with Crippen molar-refractivity contribution in [2.75, 3.05) is 46.2 Å². The van der Waals surface area contributed by atoms with Crippen molar-refractivity contribution in [1.82, 2.24) is 0 Å². The summed E-state index contributed by atoms with van der Waals surface area (Å²) in [7, 11) is 6.76. The molecular formula is C28H40N3O2+. The van der Waals surface area contributed by atoms with Gasteiger partial charge >= 0.3 is 5.97 Å². The molecule has 1 heterocycles. The third-order valence-corrected chi connectivity index (χ3v) is 6.25. The summed E-state index contributed by atoms with van der Waals surface area (Å²) in [5, 5.41) is 3.54. The van der Waals surface area contributed by atoms with Gasteiger partial charge in [0.2, 0.25) is 0 Å². The lowest BCUT2D eigenvalue weighted by molar-refractivity contribution is -0.870. The van der Waals surface area contributed by atoms with Crippen LogP contribution >= 0.6 is 0 Å². The molecule has 5 nitrogen and oxygen atoms in total. The molecule has 1 aliphatic heterocycles. The number of unbranched alkanes of at least 4 members (excludes halogenated alkanes) is 3. The molecule has 0 fully saturated rings. The summed E-state index contributed by atoms with van der Waals surface area (Å²) in [5.74, 6) is -0.284. The van der Waals surface area contributed by atoms with Gasteiger partial charge in [-0.15, -0.1) is 0 Å². The fraction of sp³-hybridized carbons (Fsp3) is 0.500. The fourth-order valence-electron chi connectivity index (χ4n) is 4.33. The first-order chi connectivity index (χ1) is 15.6. The molecule has 0 unspecified atom stereocenters. The second-order valence-corrected chi connectivity index (χ2v) is 10.5. The quantitative estimate of drug-likeness (QED) is 0.261. The van der Waals surface area contributed by atoms with Crippen LogP contribution in [0.1, 0.15) is 67.9 Å². The molecule has 0 saturated carbocycles. The smallest absolute Gasteiger partial charge is 0.338 e. The van der Waals surface area contributed by atoms with Crippen LogP contribution in [0.25, 0.3) is 0 Å². The van der Waals surface area contributed by atoms with E-state index in [0.717, 1.165) is 39.2 Å². The van der Waals surface area contributed by atoms with Crippen molar-refractivity contribution < 1.29 is 14.0 Å². The molecule has 33 heavy (non-hydrogen) atoms. The van der Waals surface area contributed by atoms with Crippen LogP contribution < -0.4 is 5.32 Å². The van der Waals surface area contributed by atoms with Gasteiger partial charge < -0.3 is 14.5 Å². The SMILES string of the molecule is CCOC(=O)c1ccc2c(c1)C(C)(C)C(c1ccc(NCCCCCC[N+](C)(C)C)cc1)=N2. The Morgan fingerprint density at radius 3 is 2.36 bits per heavy atom. The van der Waals surface area contributed by atoms with Crippen LogP contribution in [0, 0.1) is 0 Å². The number of nitrogens with one attached hydrogen (secondary N) is 1. The number of aliphatic imine (C=N–C) groups is 1. The van der Waals surface area contributed by atoms with Crippen molar-refractivity contribution in [3.63, 3.8) is 0 Å². The van der Waals surface area contributed by atoms with Gasteiger partial charge in [0.1, 0.15) is 0 Å². The molecular weight excluding hydrogens is 410 g/mol. The monoisotopic (exact) mass is 450 g/mol. The third-order valence-electron chi connectivity index (χ3n) is 6.25. The molecule has 0 bridgehead atoms. The van der Waals surface area contributed by atoms with E-state index in [2.05, 4.69) is 64.6 Å². The molecule has 1 N–H and O–H groups in total. The summed E-state index contributed by atoms with van der Waals surface area (Å²) < 4.78 is 6.22. The number of hydrogen-bond donors (Lipinski definition) is 1. The number of quaternary nitrogens is 1. The first-order valence-corrected chi connectivity index (χ1v) is 12.2. The summed E-state index contributed by atoms with van der Waals surface area (Å²) in [6, 6.07) is 14.2. The molecule has 3 rings (SSSR count). The molecule has 1 aliphatic rings. The van der Waals surface area contributed by atoms with Gasteiger partial charge in [0.25, 0.3) is 0 Å². The minimum absolute atomic E-state index is 0.279. The van der Waals surface area contributed by atoms with Gasteiger partial charge in [-0.25, -0.2) is 4.79 Å². The lowest BCUT2D eigenvalue weighted by atomic mass is 9.78.